The molecule has 0 fully saturated rings. The third-order valence-corrected chi connectivity index (χ3v) is 3.79. The van der Waals surface area contributed by atoms with Crippen molar-refractivity contribution in [3.8, 4) is 0 Å². The van der Waals surface area contributed by atoms with Gasteiger partial charge in [-0.05, 0) is 31.2 Å². The molecule has 1 N–H and O–H groups in total. The van der Waals surface area contributed by atoms with Gasteiger partial charge >= 0.3 is 5.97 Å². The first kappa shape index (κ1) is 15.9. The fourth-order valence-electron chi connectivity index (χ4n) is 1.27. The summed E-state index contributed by atoms with van der Waals surface area (Å²) < 4.78 is 4.53. The Hall–Kier alpha value is -1.20. The summed E-state index contributed by atoms with van der Waals surface area (Å²) in [6.45, 7) is 1.80. The predicted molar refractivity (Wildman–Crippen MR) is 78.6 cm³/mol. The van der Waals surface area contributed by atoms with Crippen molar-refractivity contribution in [3.05, 3.63) is 29.3 Å². The van der Waals surface area contributed by atoms with Gasteiger partial charge in [-0.25, -0.2) is 0 Å². The van der Waals surface area contributed by atoms with E-state index in [0.717, 1.165) is 0 Å². The standard InChI is InChI=1S/C13H16ClNO3S/c1-9(19-8-7-12(16)18-2)13(17)15-11-5-3-10(14)4-6-11/h3-6,9H,7-8H2,1-2H3,(H,15,17)/t9-/m0/s1. The second-order valence-electron chi connectivity index (χ2n) is 3.84. The molecule has 0 aliphatic heterocycles. The molecule has 0 spiro atoms. The summed E-state index contributed by atoms with van der Waals surface area (Å²) in [5.41, 5.74) is 0.704. The van der Waals surface area contributed by atoms with Crippen LogP contribution in [0.3, 0.4) is 0 Å². The summed E-state index contributed by atoms with van der Waals surface area (Å²) in [6.07, 6.45) is 0.305. The van der Waals surface area contributed by atoms with Crippen LogP contribution in [0.4, 0.5) is 5.69 Å². The zero-order valence-corrected chi connectivity index (χ0v) is 12.4. The molecule has 0 saturated carbocycles. The van der Waals surface area contributed by atoms with Crippen molar-refractivity contribution in [1.29, 1.82) is 0 Å². The highest BCUT2D eigenvalue weighted by atomic mass is 35.5. The van der Waals surface area contributed by atoms with Crippen molar-refractivity contribution >= 4 is 40.9 Å². The molecule has 0 unspecified atom stereocenters. The number of hydrogen-bond donors (Lipinski definition) is 1. The van der Waals surface area contributed by atoms with Crippen LogP contribution in [0.25, 0.3) is 0 Å². The van der Waals surface area contributed by atoms with Gasteiger partial charge in [-0.3, -0.25) is 9.59 Å². The molecule has 0 aliphatic carbocycles. The van der Waals surface area contributed by atoms with Crippen LogP contribution in [-0.2, 0) is 14.3 Å². The van der Waals surface area contributed by atoms with Gasteiger partial charge in [-0.15, -0.1) is 11.8 Å². The maximum Gasteiger partial charge on any atom is 0.306 e. The van der Waals surface area contributed by atoms with Crippen LogP contribution in [0, 0.1) is 0 Å². The van der Waals surface area contributed by atoms with Crippen molar-refractivity contribution in [3.63, 3.8) is 0 Å². The molecule has 104 valence electrons. The molecule has 0 saturated heterocycles. The monoisotopic (exact) mass is 301 g/mol. The van der Waals surface area contributed by atoms with E-state index in [9.17, 15) is 9.59 Å². The minimum absolute atomic E-state index is 0.0998. The smallest absolute Gasteiger partial charge is 0.306 e. The van der Waals surface area contributed by atoms with Gasteiger partial charge in [0, 0.05) is 16.5 Å². The SMILES string of the molecule is COC(=O)CCS[C@@H](C)C(=O)Nc1ccc(Cl)cc1. The van der Waals surface area contributed by atoms with E-state index < -0.39 is 0 Å². The van der Waals surface area contributed by atoms with Crippen LogP contribution < -0.4 is 5.32 Å². The number of carbonyl (C=O) groups is 2. The summed E-state index contributed by atoms with van der Waals surface area (Å²) in [5.74, 6) is 0.192. The fraction of sp³-hybridized carbons (Fsp3) is 0.385. The van der Waals surface area contributed by atoms with Crippen LogP contribution in [0.5, 0.6) is 0 Å². The van der Waals surface area contributed by atoms with Crippen molar-refractivity contribution in [1.82, 2.24) is 0 Å². The number of hydrogen-bond acceptors (Lipinski definition) is 4. The Labute approximate surface area is 121 Å². The van der Waals surface area contributed by atoms with E-state index in [1.165, 1.54) is 18.9 Å². The zero-order valence-electron chi connectivity index (χ0n) is 10.8. The number of rotatable bonds is 6. The third-order valence-electron chi connectivity index (χ3n) is 2.38. The van der Waals surface area contributed by atoms with Gasteiger partial charge in [0.25, 0.3) is 0 Å². The Bertz CT molecular complexity index is 436. The van der Waals surface area contributed by atoms with E-state index in [1.54, 1.807) is 31.2 Å². The van der Waals surface area contributed by atoms with E-state index in [4.69, 9.17) is 11.6 Å². The largest absolute Gasteiger partial charge is 0.469 e. The van der Waals surface area contributed by atoms with E-state index in [0.29, 0.717) is 22.9 Å². The molecule has 1 aromatic rings. The van der Waals surface area contributed by atoms with Crippen LogP contribution in [-0.4, -0.2) is 30.0 Å². The van der Waals surface area contributed by atoms with Gasteiger partial charge in [0.1, 0.15) is 0 Å². The quantitative estimate of drug-likeness (QED) is 0.821. The molecule has 1 atom stereocenters. The molecule has 1 aromatic carbocycles. The predicted octanol–water partition coefficient (Wildman–Crippen LogP) is 2.96. The second-order valence-corrected chi connectivity index (χ2v) is 5.72. The molecule has 19 heavy (non-hydrogen) atoms. The maximum atomic E-state index is 11.9. The van der Waals surface area contributed by atoms with Crippen LogP contribution in [0.15, 0.2) is 24.3 Å². The molecule has 4 nitrogen and oxygen atoms in total. The number of benzene rings is 1. The lowest BCUT2D eigenvalue weighted by Gasteiger charge is -2.11. The number of amides is 1. The molecular weight excluding hydrogens is 286 g/mol. The minimum Gasteiger partial charge on any atom is -0.469 e. The second kappa shape index (κ2) is 8.07. The highest BCUT2D eigenvalue weighted by Crippen LogP contribution is 2.17. The fourth-order valence-corrected chi connectivity index (χ4v) is 2.25. The normalized spacial score (nSPS) is 11.7. The van der Waals surface area contributed by atoms with Gasteiger partial charge < -0.3 is 10.1 Å². The minimum atomic E-state index is -0.266. The Morgan fingerprint density at radius 1 is 1.37 bits per heavy atom. The van der Waals surface area contributed by atoms with Gasteiger partial charge in [0.15, 0.2) is 0 Å². The van der Waals surface area contributed by atoms with E-state index in [2.05, 4.69) is 10.1 Å². The molecule has 6 heteroatoms. The molecular formula is C13H16ClNO3S. The molecule has 0 radical (unpaired) electrons. The molecule has 0 bridgehead atoms. The topological polar surface area (TPSA) is 55.4 Å². The lowest BCUT2D eigenvalue weighted by Crippen LogP contribution is -2.23. The molecule has 1 amide bonds. The maximum absolute atomic E-state index is 11.9. The number of methoxy groups -OCH3 is 1. The van der Waals surface area contributed by atoms with E-state index in [-0.39, 0.29) is 17.1 Å². The first-order chi connectivity index (χ1) is 9.02. The van der Waals surface area contributed by atoms with Crippen molar-refractivity contribution < 1.29 is 14.3 Å². The van der Waals surface area contributed by atoms with Gasteiger partial charge in [0.2, 0.25) is 5.91 Å². The average Bonchev–Trinajstić information content (AvgIpc) is 2.40. The van der Waals surface area contributed by atoms with Crippen molar-refractivity contribution in [2.45, 2.75) is 18.6 Å². The number of nitrogens with one attached hydrogen (secondary N) is 1. The summed E-state index contributed by atoms with van der Waals surface area (Å²) in [4.78, 5) is 22.8. The Balaban J connectivity index is 2.36. The summed E-state index contributed by atoms with van der Waals surface area (Å²) in [7, 11) is 1.35. The summed E-state index contributed by atoms with van der Waals surface area (Å²) in [6, 6.07) is 6.91. The number of halogens is 1. The number of carbonyl (C=O) groups excluding carboxylic acids is 2. The summed E-state index contributed by atoms with van der Waals surface area (Å²) in [5, 5.41) is 3.17. The molecule has 0 aromatic heterocycles. The molecule has 1 rings (SSSR count). The van der Waals surface area contributed by atoms with Crippen molar-refractivity contribution in [2.75, 3.05) is 18.2 Å². The van der Waals surface area contributed by atoms with E-state index in [1.807, 2.05) is 0 Å². The van der Waals surface area contributed by atoms with E-state index >= 15 is 0 Å². The summed E-state index contributed by atoms with van der Waals surface area (Å²) >= 11 is 7.17. The van der Waals surface area contributed by atoms with Crippen LogP contribution in [0.2, 0.25) is 5.02 Å². The highest BCUT2D eigenvalue weighted by Gasteiger charge is 2.14. The Morgan fingerprint density at radius 3 is 2.58 bits per heavy atom. The van der Waals surface area contributed by atoms with Crippen LogP contribution in [0.1, 0.15) is 13.3 Å². The Kier molecular flexibility index (Phi) is 6.73. The first-order valence-electron chi connectivity index (χ1n) is 5.77. The molecule has 0 heterocycles. The first-order valence-corrected chi connectivity index (χ1v) is 7.20. The van der Waals surface area contributed by atoms with Gasteiger partial charge in [-0.1, -0.05) is 11.6 Å². The number of esters is 1. The Morgan fingerprint density at radius 2 is 2.00 bits per heavy atom. The highest BCUT2D eigenvalue weighted by molar-refractivity contribution is 8.00. The van der Waals surface area contributed by atoms with Crippen molar-refractivity contribution in [2.24, 2.45) is 0 Å². The third kappa shape index (κ3) is 5.98. The average molecular weight is 302 g/mol. The zero-order chi connectivity index (χ0) is 14.3. The van der Waals surface area contributed by atoms with Gasteiger partial charge in [-0.2, -0.15) is 0 Å². The molecule has 0 aliphatic rings. The number of ether oxygens (including phenoxy) is 1. The number of thioether (sulfide) groups is 1. The lowest BCUT2D eigenvalue weighted by molar-refractivity contribution is -0.140. The lowest BCUT2D eigenvalue weighted by atomic mass is 10.3. The number of anilines is 1. The van der Waals surface area contributed by atoms with Gasteiger partial charge in [0.05, 0.1) is 18.8 Å². The van der Waals surface area contributed by atoms with Crippen LogP contribution >= 0.6 is 23.4 Å².